The van der Waals surface area contributed by atoms with Crippen LogP contribution in [0.2, 0.25) is 5.02 Å². The monoisotopic (exact) mass is 426 g/mol. The minimum atomic E-state index is -0.875. The van der Waals surface area contributed by atoms with E-state index in [1.54, 1.807) is 12.1 Å². The second-order valence-corrected chi connectivity index (χ2v) is 8.11. The molecule has 0 aliphatic heterocycles. The molecule has 0 saturated carbocycles. The van der Waals surface area contributed by atoms with E-state index in [0.29, 0.717) is 21.7 Å². The Balaban J connectivity index is 1.90. The molecule has 1 nitrogen and oxygen atoms in total. The smallest absolute Gasteiger partial charge is 0.193 e. The molecule has 3 aromatic rings. The van der Waals surface area contributed by atoms with Crippen molar-refractivity contribution in [3.05, 3.63) is 130 Å². The number of terminal acetylenes is 1. The summed E-state index contributed by atoms with van der Waals surface area (Å²) >= 11 is 6.28. The maximum absolute atomic E-state index is 13.4. The van der Waals surface area contributed by atoms with E-state index in [0.717, 1.165) is 11.1 Å². The van der Waals surface area contributed by atoms with Crippen LogP contribution in [0, 0.1) is 25.1 Å². The summed E-state index contributed by atoms with van der Waals surface area (Å²) < 4.78 is 13.4. The van der Waals surface area contributed by atoms with E-state index in [1.165, 1.54) is 24.3 Å². The summed E-state index contributed by atoms with van der Waals surface area (Å²) in [6, 6.07) is 18.9. The van der Waals surface area contributed by atoms with Gasteiger partial charge in [0.15, 0.2) is 5.78 Å². The molecule has 0 saturated heterocycles. The predicted molar refractivity (Wildman–Crippen MR) is 124 cm³/mol. The highest BCUT2D eigenvalue weighted by molar-refractivity contribution is 6.31. The van der Waals surface area contributed by atoms with Crippen molar-refractivity contribution < 1.29 is 9.18 Å². The second kappa shape index (κ2) is 8.38. The van der Waals surface area contributed by atoms with Crippen molar-refractivity contribution in [2.24, 2.45) is 0 Å². The van der Waals surface area contributed by atoms with Gasteiger partial charge in [-0.1, -0.05) is 77.7 Å². The molecule has 0 amide bonds. The predicted octanol–water partition coefficient (Wildman–Crippen LogP) is 6.80. The Morgan fingerprint density at radius 3 is 2.42 bits per heavy atom. The van der Waals surface area contributed by atoms with Crippen molar-refractivity contribution in [1.82, 2.24) is 0 Å². The lowest BCUT2D eigenvalue weighted by atomic mass is 9.64. The molecule has 152 valence electrons. The molecule has 0 bridgehead atoms. The number of allylic oxidation sites excluding steroid dienone is 4. The lowest BCUT2D eigenvalue weighted by Gasteiger charge is -2.36. The van der Waals surface area contributed by atoms with Gasteiger partial charge in [-0.25, -0.2) is 4.39 Å². The molecule has 0 radical (unpaired) electrons. The molecule has 0 fully saturated rings. The van der Waals surface area contributed by atoms with Crippen LogP contribution in [-0.2, 0) is 5.41 Å². The molecule has 31 heavy (non-hydrogen) atoms. The molecule has 4 rings (SSSR count). The molecule has 0 aromatic heterocycles. The maximum Gasteiger partial charge on any atom is 0.193 e. The fraction of sp³-hybridized carbons (Fsp3) is 0.107. The summed E-state index contributed by atoms with van der Waals surface area (Å²) in [7, 11) is 0. The lowest BCUT2D eigenvalue weighted by Crippen LogP contribution is -2.32. The standard InChI is InChI=1S/C28H20ClFO/c1-3-28(17-5-4-6-25(28)20-9-7-19(2)8-10-20)26-16-13-22(29)18-24(26)27(31)21-11-14-23(30)15-12-21/h1,4-18,25H,2H3. The van der Waals surface area contributed by atoms with E-state index < -0.39 is 11.2 Å². The van der Waals surface area contributed by atoms with Crippen LogP contribution in [0.5, 0.6) is 0 Å². The van der Waals surface area contributed by atoms with Crippen LogP contribution >= 0.6 is 11.6 Å². The minimum Gasteiger partial charge on any atom is -0.289 e. The van der Waals surface area contributed by atoms with E-state index in [2.05, 4.69) is 36.3 Å². The van der Waals surface area contributed by atoms with Gasteiger partial charge < -0.3 is 0 Å². The van der Waals surface area contributed by atoms with Gasteiger partial charge in [-0.15, -0.1) is 6.42 Å². The van der Waals surface area contributed by atoms with Crippen LogP contribution in [0.1, 0.15) is 38.5 Å². The quantitative estimate of drug-likeness (QED) is 0.331. The van der Waals surface area contributed by atoms with Crippen molar-refractivity contribution in [3.8, 4) is 12.3 Å². The fourth-order valence-electron chi connectivity index (χ4n) is 4.08. The summed E-state index contributed by atoms with van der Waals surface area (Å²) in [5, 5.41) is 0.434. The molecule has 0 spiro atoms. The maximum atomic E-state index is 13.4. The van der Waals surface area contributed by atoms with Crippen molar-refractivity contribution in [2.75, 3.05) is 0 Å². The van der Waals surface area contributed by atoms with Crippen molar-refractivity contribution >= 4 is 17.4 Å². The molecule has 1 aliphatic rings. The second-order valence-electron chi connectivity index (χ2n) is 7.67. The first kappa shape index (κ1) is 20.8. The molecule has 3 heteroatoms. The van der Waals surface area contributed by atoms with E-state index >= 15 is 0 Å². The molecule has 1 aliphatic carbocycles. The van der Waals surface area contributed by atoms with Gasteiger partial charge in [-0.3, -0.25) is 4.79 Å². The first-order valence-corrected chi connectivity index (χ1v) is 10.3. The van der Waals surface area contributed by atoms with Crippen LogP contribution in [0.4, 0.5) is 4.39 Å². The molecule has 2 unspecified atom stereocenters. The number of carbonyl (C=O) groups excluding carboxylic acids is 1. The Labute approximate surface area is 186 Å². The van der Waals surface area contributed by atoms with Gasteiger partial charge in [0.25, 0.3) is 0 Å². The summed E-state index contributed by atoms with van der Waals surface area (Å²) in [6.45, 7) is 2.04. The molecule has 0 heterocycles. The molecule has 2 atom stereocenters. The van der Waals surface area contributed by atoms with Crippen LogP contribution in [0.15, 0.2) is 91.0 Å². The summed E-state index contributed by atoms with van der Waals surface area (Å²) in [5.74, 6) is 2.16. The Kier molecular flexibility index (Phi) is 5.63. The first-order chi connectivity index (χ1) is 14.9. The number of hydrogen-bond donors (Lipinski definition) is 0. The number of hydrogen-bond acceptors (Lipinski definition) is 1. The highest BCUT2D eigenvalue weighted by Crippen LogP contribution is 2.45. The van der Waals surface area contributed by atoms with Gasteiger partial charge in [0.2, 0.25) is 0 Å². The number of rotatable bonds is 4. The van der Waals surface area contributed by atoms with Gasteiger partial charge in [-0.05, 0) is 54.4 Å². The zero-order chi connectivity index (χ0) is 22.0. The Morgan fingerprint density at radius 2 is 1.74 bits per heavy atom. The number of aryl methyl sites for hydroxylation is 1. The van der Waals surface area contributed by atoms with Crippen LogP contribution in [-0.4, -0.2) is 5.78 Å². The topological polar surface area (TPSA) is 17.1 Å². The zero-order valence-corrected chi connectivity index (χ0v) is 17.7. The summed E-state index contributed by atoms with van der Waals surface area (Å²) in [4.78, 5) is 13.4. The van der Waals surface area contributed by atoms with Crippen LogP contribution in [0.3, 0.4) is 0 Å². The Hall–Kier alpha value is -3.41. The summed E-state index contributed by atoms with van der Waals surface area (Å²) in [6.07, 6.45) is 14.1. The highest BCUT2D eigenvalue weighted by atomic mass is 35.5. The van der Waals surface area contributed by atoms with Gasteiger partial charge >= 0.3 is 0 Å². The average Bonchev–Trinajstić information content (AvgIpc) is 2.79. The van der Waals surface area contributed by atoms with E-state index in [-0.39, 0.29) is 11.7 Å². The van der Waals surface area contributed by atoms with Crippen molar-refractivity contribution in [1.29, 1.82) is 0 Å². The Bertz CT molecular complexity index is 1230. The van der Waals surface area contributed by atoms with Gasteiger partial charge in [-0.2, -0.15) is 0 Å². The van der Waals surface area contributed by atoms with Crippen LogP contribution in [0.25, 0.3) is 0 Å². The molecule has 0 N–H and O–H groups in total. The van der Waals surface area contributed by atoms with E-state index in [9.17, 15) is 9.18 Å². The summed E-state index contributed by atoms with van der Waals surface area (Å²) in [5.41, 5.74) is 2.82. The number of halogens is 2. The molecule has 3 aromatic carbocycles. The van der Waals surface area contributed by atoms with Gasteiger partial charge in [0.1, 0.15) is 5.82 Å². The highest BCUT2D eigenvalue weighted by Gasteiger charge is 2.40. The number of benzene rings is 3. The number of ketones is 1. The van der Waals surface area contributed by atoms with E-state index in [1.807, 2.05) is 31.2 Å². The minimum absolute atomic E-state index is 0.163. The SMILES string of the molecule is C#CC1(c2ccc(Cl)cc2C(=O)c2ccc(F)cc2)C=CC=CC1c1ccc(C)cc1. The average molecular weight is 427 g/mol. The number of carbonyl (C=O) groups is 1. The fourth-order valence-corrected chi connectivity index (χ4v) is 4.25. The third-order valence-corrected chi connectivity index (χ3v) is 5.95. The first-order valence-electron chi connectivity index (χ1n) is 9.95. The molecular formula is C28H20ClFO. The zero-order valence-electron chi connectivity index (χ0n) is 17.0. The largest absolute Gasteiger partial charge is 0.289 e. The van der Waals surface area contributed by atoms with Crippen molar-refractivity contribution in [2.45, 2.75) is 18.3 Å². The van der Waals surface area contributed by atoms with Gasteiger partial charge in [0, 0.05) is 22.1 Å². The lowest BCUT2D eigenvalue weighted by molar-refractivity contribution is 0.103. The third-order valence-electron chi connectivity index (χ3n) is 5.72. The Morgan fingerprint density at radius 1 is 1.03 bits per heavy atom. The molecular weight excluding hydrogens is 407 g/mol. The van der Waals surface area contributed by atoms with Crippen molar-refractivity contribution in [3.63, 3.8) is 0 Å². The van der Waals surface area contributed by atoms with E-state index in [4.69, 9.17) is 18.0 Å². The van der Waals surface area contributed by atoms with Gasteiger partial charge in [0.05, 0.1) is 5.41 Å². The third kappa shape index (κ3) is 3.85. The van der Waals surface area contributed by atoms with Crippen LogP contribution < -0.4 is 0 Å². The normalized spacial score (nSPS) is 19.7.